The fourth-order valence-electron chi connectivity index (χ4n) is 2.72. The molecular weight excluding hydrogens is 279 g/mol. The van der Waals surface area contributed by atoms with Gasteiger partial charge in [-0.25, -0.2) is 17.5 Å². The van der Waals surface area contributed by atoms with E-state index in [-0.39, 0.29) is 16.6 Å². The molecule has 112 valence electrons. The summed E-state index contributed by atoms with van der Waals surface area (Å²) < 4.78 is 40.4. The van der Waals surface area contributed by atoms with Crippen molar-refractivity contribution in [3.8, 4) is 0 Å². The largest absolute Gasteiger partial charge is 0.399 e. The summed E-state index contributed by atoms with van der Waals surface area (Å²) >= 11 is 0. The number of benzene rings is 1. The van der Waals surface area contributed by atoms with Crippen LogP contribution in [0.3, 0.4) is 0 Å². The maximum Gasteiger partial charge on any atom is 0.240 e. The number of hydrogen-bond acceptors (Lipinski definition) is 3. The molecule has 1 aromatic carbocycles. The van der Waals surface area contributed by atoms with E-state index in [0.717, 1.165) is 44.2 Å². The van der Waals surface area contributed by atoms with Gasteiger partial charge in [-0.15, -0.1) is 0 Å². The number of halogens is 1. The molecule has 6 heteroatoms. The maximum atomic E-state index is 13.3. The van der Waals surface area contributed by atoms with Crippen LogP contribution in [0.4, 0.5) is 10.1 Å². The van der Waals surface area contributed by atoms with E-state index in [9.17, 15) is 12.8 Å². The maximum absolute atomic E-state index is 13.3. The van der Waals surface area contributed by atoms with Crippen molar-refractivity contribution in [2.45, 2.75) is 50.0 Å². The number of nitrogen functional groups attached to an aromatic ring is 1. The van der Waals surface area contributed by atoms with E-state index < -0.39 is 15.8 Å². The highest BCUT2D eigenvalue weighted by Crippen LogP contribution is 2.27. The number of hydrogen-bond donors (Lipinski definition) is 2. The van der Waals surface area contributed by atoms with Gasteiger partial charge in [0.05, 0.1) is 4.90 Å². The lowest BCUT2D eigenvalue weighted by Gasteiger charge is -2.28. The van der Waals surface area contributed by atoms with Crippen LogP contribution in [0.25, 0.3) is 0 Å². The van der Waals surface area contributed by atoms with E-state index in [0.29, 0.717) is 5.92 Å². The van der Waals surface area contributed by atoms with Crippen molar-refractivity contribution in [3.63, 3.8) is 0 Å². The van der Waals surface area contributed by atoms with Gasteiger partial charge in [-0.3, -0.25) is 0 Å². The Balaban J connectivity index is 2.08. The molecule has 3 N–H and O–H groups in total. The van der Waals surface area contributed by atoms with Crippen LogP contribution in [-0.4, -0.2) is 14.5 Å². The van der Waals surface area contributed by atoms with Crippen LogP contribution in [0.5, 0.6) is 0 Å². The van der Waals surface area contributed by atoms with Crippen LogP contribution in [0.1, 0.15) is 39.0 Å². The predicted molar refractivity (Wildman–Crippen MR) is 77.2 cm³/mol. The number of nitrogens with one attached hydrogen (secondary N) is 1. The third-order valence-electron chi connectivity index (χ3n) is 3.95. The normalized spacial score (nSPS) is 23.7. The number of rotatable bonds is 4. The summed E-state index contributed by atoms with van der Waals surface area (Å²) in [7, 11) is -3.70. The molecule has 0 amide bonds. The highest BCUT2D eigenvalue weighted by Gasteiger charge is 2.25. The quantitative estimate of drug-likeness (QED) is 0.840. The lowest BCUT2D eigenvalue weighted by atomic mass is 9.85. The minimum atomic E-state index is -3.70. The second-order valence-electron chi connectivity index (χ2n) is 5.47. The van der Waals surface area contributed by atoms with Crippen molar-refractivity contribution in [2.75, 3.05) is 5.73 Å². The topological polar surface area (TPSA) is 72.2 Å². The molecular formula is C14H21FN2O2S. The zero-order chi connectivity index (χ0) is 14.8. The fourth-order valence-corrected chi connectivity index (χ4v) is 4.09. The molecule has 0 bridgehead atoms. The SMILES string of the molecule is CCC1CCC(NS(=O)(=O)c2cc(N)cc(F)c2)CC1. The Bertz CT molecular complexity index is 546. The van der Waals surface area contributed by atoms with Gasteiger partial charge in [-0.2, -0.15) is 0 Å². The van der Waals surface area contributed by atoms with Crippen LogP contribution in [0, 0.1) is 11.7 Å². The average Bonchev–Trinajstić information content (AvgIpc) is 2.38. The molecule has 0 heterocycles. The third-order valence-corrected chi connectivity index (χ3v) is 5.45. The fraction of sp³-hybridized carbons (Fsp3) is 0.571. The van der Waals surface area contributed by atoms with Gasteiger partial charge in [0, 0.05) is 11.7 Å². The molecule has 0 radical (unpaired) electrons. The Morgan fingerprint density at radius 2 is 1.90 bits per heavy atom. The Labute approximate surface area is 119 Å². The van der Waals surface area contributed by atoms with E-state index in [2.05, 4.69) is 11.6 Å². The minimum absolute atomic E-state index is 0.0627. The van der Waals surface area contributed by atoms with Gasteiger partial charge in [0.1, 0.15) is 5.82 Å². The molecule has 0 aromatic heterocycles. The lowest BCUT2D eigenvalue weighted by molar-refractivity contribution is 0.306. The third kappa shape index (κ3) is 3.70. The molecule has 2 rings (SSSR count). The summed E-state index contributed by atoms with van der Waals surface area (Å²) in [5, 5.41) is 0. The zero-order valence-electron chi connectivity index (χ0n) is 11.6. The van der Waals surface area contributed by atoms with Crippen molar-refractivity contribution in [3.05, 3.63) is 24.0 Å². The van der Waals surface area contributed by atoms with Crippen LogP contribution in [0.15, 0.2) is 23.1 Å². The summed E-state index contributed by atoms with van der Waals surface area (Å²) in [5.74, 6) is 0.0561. The number of sulfonamides is 1. The van der Waals surface area contributed by atoms with E-state index >= 15 is 0 Å². The smallest absolute Gasteiger partial charge is 0.240 e. The molecule has 0 atom stereocenters. The minimum Gasteiger partial charge on any atom is -0.399 e. The van der Waals surface area contributed by atoms with Crippen molar-refractivity contribution in [2.24, 2.45) is 5.92 Å². The molecule has 0 unspecified atom stereocenters. The summed E-state index contributed by atoms with van der Waals surface area (Å²) in [6.45, 7) is 2.16. The predicted octanol–water partition coefficient (Wildman–Crippen LogP) is 2.66. The van der Waals surface area contributed by atoms with Crippen molar-refractivity contribution >= 4 is 15.7 Å². The van der Waals surface area contributed by atoms with Crippen LogP contribution in [0.2, 0.25) is 0 Å². The van der Waals surface area contributed by atoms with Crippen molar-refractivity contribution < 1.29 is 12.8 Å². The molecule has 1 saturated carbocycles. The van der Waals surface area contributed by atoms with E-state index in [4.69, 9.17) is 5.73 Å². The van der Waals surface area contributed by atoms with Gasteiger partial charge in [0.25, 0.3) is 0 Å². The highest BCUT2D eigenvalue weighted by molar-refractivity contribution is 7.89. The second kappa shape index (κ2) is 6.10. The first-order chi connectivity index (χ1) is 9.40. The molecule has 0 saturated heterocycles. The summed E-state index contributed by atoms with van der Waals surface area (Å²) in [6, 6.07) is 3.32. The molecule has 1 aliphatic rings. The van der Waals surface area contributed by atoms with Gasteiger partial charge < -0.3 is 5.73 Å². The second-order valence-corrected chi connectivity index (χ2v) is 7.18. The van der Waals surface area contributed by atoms with Crippen molar-refractivity contribution in [1.29, 1.82) is 0 Å². The van der Waals surface area contributed by atoms with Gasteiger partial charge in [-0.1, -0.05) is 13.3 Å². The number of nitrogens with two attached hydrogens (primary N) is 1. The Kier molecular flexibility index (Phi) is 4.65. The van der Waals surface area contributed by atoms with Crippen LogP contribution < -0.4 is 10.5 Å². The van der Waals surface area contributed by atoms with Gasteiger partial charge in [0.15, 0.2) is 0 Å². The Hall–Kier alpha value is -1.14. The van der Waals surface area contributed by atoms with E-state index in [1.54, 1.807) is 0 Å². The van der Waals surface area contributed by atoms with Gasteiger partial charge >= 0.3 is 0 Å². The molecule has 1 aliphatic carbocycles. The average molecular weight is 300 g/mol. The standard InChI is InChI=1S/C14H21FN2O2S/c1-2-10-3-5-13(6-4-10)17-20(18,19)14-8-11(15)7-12(16)9-14/h7-10,13,17H,2-6,16H2,1H3. The molecule has 0 spiro atoms. The van der Waals surface area contributed by atoms with E-state index in [1.807, 2.05) is 0 Å². The van der Waals surface area contributed by atoms with E-state index in [1.165, 1.54) is 6.07 Å². The first kappa shape index (κ1) is 15.3. The first-order valence-corrected chi connectivity index (χ1v) is 8.47. The molecule has 20 heavy (non-hydrogen) atoms. The summed E-state index contributed by atoms with van der Waals surface area (Å²) in [4.78, 5) is -0.104. The monoisotopic (exact) mass is 300 g/mol. The summed E-state index contributed by atoms with van der Waals surface area (Å²) in [6.07, 6.45) is 4.88. The van der Waals surface area contributed by atoms with Gasteiger partial charge in [-0.05, 0) is 49.8 Å². The van der Waals surface area contributed by atoms with Gasteiger partial charge in [0.2, 0.25) is 10.0 Å². The van der Waals surface area contributed by atoms with Crippen LogP contribution >= 0.6 is 0 Å². The molecule has 1 fully saturated rings. The number of anilines is 1. The first-order valence-electron chi connectivity index (χ1n) is 6.99. The van der Waals surface area contributed by atoms with Crippen molar-refractivity contribution in [1.82, 2.24) is 4.72 Å². The Morgan fingerprint density at radius 1 is 1.25 bits per heavy atom. The summed E-state index contributed by atoms with van der Waals surface area (Å²) in [5.41, 5.74) is 5.60. The highest BCUT2D eigenvalue weighted by atomic mass is 32.2. The Morgan fingerprint density at radius 3 is 2.45 bits per heavy atom. The van der Waals surface area contributed by atoms with Crippen LogP contribution in [-0.2, 0) is 10.0 Å². The molecule has 4 nitrogen and oxygen atoms in total. The lowest BCUT2D eigenvalue weighted by Crippen LogP contribution is -2.37. The molecule has 1 aromatic rings. The molecule has 0 aliphatic heterocycles. The zero-order valence-corrected chi connectivity index (χ0v) is 12.4.